The molecule has 0 aliphatic carbocycles. The third kappa shape index (κ3) is 4.33. The number of hydrogen-bond donors (Lipinski definition) is 1. The van der Waals surface area contributed by atoms with Crippen LogP contribution in [-0.4, -0.2) is 45.5 Å². The number of pyridine rings is 1. The summed E-state index contributed by atoms with van der Waals surface area (Å²) in [6.45, 7) is 0. The highest BCUT2D eigenvalue weighted by Gasteiger charge is 2.22. The van der Waals surface area contributed by atoms with Crippen molar-refractivity contribution in [3.8, 4) is 17.2 Å². The molecule has 0 aliphatic rings. The number of ether oxygens (including phenoxy) is 4. The topological polar surface area (TPSA) is 91.3 Å². The molecule has 1 N–H and O–H groups in total. The molecule has 1 atom stereocenters. The van der Waals surface area contributed by atoms with Crippen LogP contribution in [0.2, 0.25) is 0 Å². The SMILES string of the molecule is COc1cc(C=NNC(=O)C(OC)c2ccnc3ccccc23)cc(OC)c1OC. The van der Waals surface area contributed by atoms with Gasteiger partial charge in [-0.25, -0.2) is 5.43 Å². The van der Waals surface area contributed by atoms with Gasteiger partial charge in [-0.3, -0.25) is 9.78 Å². The summed E-state index contributed by atoms with van der Waals surface area (Å²) in [7, 11) is 6.06. The Labute approximate surface area is 174 Å². The number of carbonyl (C=O) groups is 1. The molecule has 2 aromatic carbocycles. The summed E-state index contributed by atoms with van der Waals surface area (Å²) in [5, 5.41) is 4.89. The minimum atomic E-state index is -0.838. The predicted molar refractivity (Wildman–Crippen MR) is 113 cm³/mol. The minimum Gasteiger partial charge on any atom is -0.493 e. The Morgan fingerprint density at radius 2 is 1.73 bits per heavy atom. The van der Waals surface area contributed by atoms with E-state index in [1.54, 1.807) is 24.4 Å². The number of nitrogens with zero attached hydrogens (tertiary/aromatic N) is 2. The van der Waals surface area contributed by atoms with Crippen LogP contribution in [0, 0.1) is 0 Å². The molecule has 0 saturated heterocycles. The first-order valence-electron chi connectivity index (χ1n) is 9.12. The third-order valence-electron chi connectivity index (χ3n) is 4.51. The summed E-state index contributed by atoms with van der Waals surface area (Å²) in [4.78, 5) is 17.0. The molecule has 1 heterocycles. The molecular weight excluding hydrogens is 386 g/mol. The van der Waals surface area contributed by atoms with Gasteiger partial charge in [0.15, 0.2) is 17.6 Å². The Morgan fingerprint density at radius 1 is 1.03 bits per heavy atom. The van der Waals surface area contributed by atoms with E-state index in [0.29, 0.717) is 28.4 Å². The van der Waals surface area contributed by atoms with Gasteiger partial charge >= 0.3 is 0 Å². The number of nitrogens with one attached hydrogen (secondary N) is 1. The van der Waals surface area contributed by atoms with Gasteiger partial charge in [-0.05, 0) is 24.3 Å². The highest BCUT2D eigenvalue weighted by atomic mass is 16.5. The van der Waals surface area contributed by atoms with Crippen molar-refractivity contribution < 1.29 is 23.7 Å². The van der Waals surface area contributed by atoms with Crippen molar-refractivity contribution >= 4 is 23.0 Å². The molecule has 0 fully saturated rings. The van der Waals surface area contributed by atoms with Crippen LogP contribution < -0.4 is 19.6 Å². The molecule has 156 valence electrons. The summed E-state index contributed by atoms with van der Waals surface area (Å²) >= 11 is 0. The number of hydrogen-bond acceptors (Lipinski definition) is 7. The van der Waals surface area contributed by atoms with E-state index in [0.717, 1.165) is 10.9 Å². The molecule has 8 nitrogen and oxygen atoms in total. The maximum absolute atomic E-state index is 12.7. The first-order valence-corrected chi connectivity index (χ1v) is 9.12. The second-order valence-electron chi connectivity index (χ2n) is 6.23. The molecule has 1 aromatic heterocycles. The molecule has 3 aromatic rings. The summed E-state index contributed by atoms with van der Waals surface area (Å²) in [6, 6.07) is 12.8. The lowest BCUT2D eigenvalue weighted by atomic mass is 10.0. The minimum absolute atomic E-state index is 0.405. The van der Waals surface area contributed by atoms with Gasteiger partial charge < -0.3 is 18.9 Å². The van der Waals surface area contributed by atoms with E-state index in [2.05, 4.69) is 15.5 Å². The van der Waals surface area contributed by atoms with E-state index in [9.17, 15) is 4.79 Å². The van der Waals surface area contributed by atoms with Crippen molar-refractivity contribution in [1.82, 2.24) is 10.4 Å². The Bertz CT molecular complexity index is 1040. The molecule has 1 unspecified atom stereocenters. The van der Waals surface area contributed by atoms with Crippen molar-refractivity contribution in [2.45, 2.75) is 6.10 Å². The van der Waals surface area contributed by atoms with Crippen LogP contribution in [0.4, 0.5) is 0 Å². The monoisotopic (exact) mass is 409 g/mol. The summed E-state index contributed by atoms with van der Waals surface area (Å²) in [5.74, 6) is 1.05. The van der Waals surface area contributed by atoms with Gasteiger partial charge in [0.1, 0.15) is 0 Å². The molecule has 30 heavy (non-hydrogen) atoms. The van der Waals surface area contributed by atoms with Gasteiger partial charge in [0, 0.05) is 29.8 Å². The lowest BCUT2D eigenvalue weighted by Gasteiger charge is -2.16. The summed E-state index contributed by atoms with van der Waals surface area (Å²) < 4.78 is 21.4. The highest BCUT2D eigenvalue weighted by Crippen LogP contribution is 2.37. The van der Waals surface area contributed by atoms with E-state index in [1.807, 2.05) is 24.3 Å². The first-order chi connectivity index (χ1) is 14.6. The van der Waals surface area contributed by atoms with Crippen LogP contribution in [0.1, 0.15) is 17.2 Å². The molecule has 0 spiro atoms. The van der Waals surface area contributed by atoms with Crippen LogP contribution in [0.25, 0.3) is 10.9 Å². The van der Waals surface area contributed by atoms with E-state index in [-0.39, 0.29) is 0 Å². The zero-order valence-electron chi connectivity index (χ0n) is 17.2. The standard InChI is InChI=1S/C22H23N3O5/c1-27-18-11-14(12-19(28-2)21(18)30-4)13-24-25-22(26)20(29-3)16-9-10-23-17-8-6-5-7-15(16)17/h5-13,20H,1-4H3,(H,25,26). The van der Waals surface area contributed by atoms with Crippen molar-refractivity contribution in [1.29, 1.82) is 0 Å². The number of benzene rings is 2. The van der Waals surface area contributed by atoms with Crippen molar-refractivity contribution in [3.05, 3.63) is 59.8 Å². The zero-order chi connectivity index (χ0) is 21.5. The fourth-order valence-corrected chi connectivity index (χ4v) is 3.13. The number of carbonyl (C=O) groups excluding carboxylic acids is 1. The van der Waals surface area contributed by atoms with Gasteiger partial charge in [0.05, 0.1) is 33.1 Å². The average molecular weight is 409 g/mol. The van der Waals surface area contributed by atoms with Crippen molar-refractivity contribution in [2.75, 3.05) is 28.4 Å². The van der Waals surface area contributed by atoms with E-state index >= 15 is 0 Å². The number of amides is 1. The Balaban J connectivity index is 1.81. The van der Waals surface area contributed by atoms with Crippen molar-refractivity contribution in [2.24, 2.45) is 5.10 Å². The number of rotatable bonds is 8. The molecular formula is C22H23N3O5. The van der Waals surface area contributed by atoms with Gasteiger partial charge in [-0.2, -0.15) is 5.10 Å². The van der Waals surface area contributed by atoms with Gasteiger partial charge in [0.2, 0.25) is 5.75 Å². The molecule has 3 rings (SSSR count). The summed E-state index contributed by atoms with van der Waals surface area (Å²) in [5.41, 5.74) is 4.68. The maximum Gasteiger partial charge on any atom is 0.273 e. The van der Waals surface area contributed by atoms with Crippen LogP contribution in [0.15, 0.2) is 53.8 Å². The van der Waals surface area contributed by atoms with Crippen LogP contribution in [0.3, 0.4) is 0 Å². The molecule has 0 saturated carbocycles. The zero-order valence-corrected chi connectivity index (χ0v) is 17.2. The van der Waals surface area contributed by atoms with E-state index < -0.39 is 12.0 Å². The fraction of sp³-hybridized carbons (Fsp3) is 0.227. The summed E-state index contributed by atoms with van der Waals surface area (Å²) in [6.07, 6.45) is 2.30. The normalized spacial score (nSPS) is 12.0. The molecule has 8 heteroatoms. The van der Waals surface area contributed by atoms with E-state index in [4.69, 9.17) is 18.9 Å². The quantitative estimate of drug-likeness (QED) is 0.454. The van der Waals surface area contributed by atoms with Gasteiger partial charge in [0.25, 0.3) is 5.91 Å². The maximum atomic E-state index is 12.7. The average Bonchev–Trinajstić information content (AvgIpc) is 2.79. The number of fused-ring (bicyclic) bond motifs is 1. The van der Waals surface area contributed by atoms with Crippen LogP contribution in [0.5, 0.6) is 17.2 Å². The molecule has 0 bridgehead atoms. The molecule has 0 aliphatic heterocycles. The Hall–Kier alpha value is -3.65. The van der Waals surface area contributed by atoms with Crippen LogP contribution in [-0.2, 0) is 9.53 Å². The van der Waals surface area contributed by atoms with Crippen molar-refractivity contribution in [3.63, 3.8) is 0 Å². The second-order valence-corrected chi connectivity index (χ2v) is 6.23. The highest BCUT2D eigenvalue weighted by molar-refractivity contribution is 5.91. The Kier molecular flexibility index (Phi) is 6.82. The first kappa shape index (κ1) is 21.1. The van der Waals surface area contributed by atoms with Crippen LogP contribution >= 0.6 is 0 Å². The van der Waals surface area contributed by atoms with E-state index in [1.165, 1.54) is 34.7 Å². The number of aromatic nitrogens is 1. The predicted octanol–water partition coefficient (Wildman–Crippen LogP) is 3.10. The number of hydrazone groups is 1. The third-order valence-corrected chi connectivity index (χ3v) is 4.51. The molecule has 0 radical (unpaired) electrons. The smallest absolute Gasteiger partial charge is 0.273 e. The molecule has 1 amide bonds. The lowest BCUT2D eigenvalue weighted by molar-refractivity contribution is -0.131. The van der Waals surface area contributed by atoms with Gasteiger partial charge in [-0.1, -0.05) is 18.2 Å². The fourth-order valence-electron chi connectivity index (χ4n) is 3.13. The second kappa shape index (κ2) is 9.71. The number of para-hydroxylation sites is 1. The Morgan fingerprint density at radius 3 is 2.37 bits per heavy atom. The van der Waals surface area contributed by atoms with Gasteiger partial charge in [-0.15, -0.1) is 0 Å². The largest absolute Gasteiger partial charge is 0.493 e. The lowest BCUT2D eigenvalue weighted by Crippen LogP contribution is -2.26. The number of methoxy groups -OCH3 is 4.